The summed E-state index contributed by atoms with van der Waals surface area (Å²) in [7, 11) is 0. The molecule has 0 atom stereocenters. The SMILES string of the molecule is CCOc1nc(-c2ccc(Cl)c(Cl)c2)n(-c2cccc(NC(=O)CC(C)(C)C)c2)n1. The molecule has 0 aliphatic rings. The summed E-state index contributed by atoms with van der Waals surface area (Å²) in [5.41, 5.74) is 2.05. The van der Waals surface area contributed by atoms with E-state index >= 15 is 0 Å². The highest BCUT2D eigenvalue weighted by atomic mass is 35.5. The summed E-state index contributed by atoms with van der Waals surface area (Å²) in [6.07, 6.45) is 0.420. The van der Waals surface area contributed by atoms with E-state index in [0.717, 1.165) is 11.3 Å². The van der Waals surface area contributed by atoms with Crippen molar-refractivity contribution in [3.63, 3.8) is 0 Å². The van der Waals surface area contributed by atoms with E-state index in [-0.39, 0.29) is 17.3 Å². The van der Waals surface area contributed by atoms with E-state index in [2.05, 4.69) is 15.4 Å². The molecule has 0 radical (unpaired) electrons. The van der Waals surface area contributed by atoms with Crippen LogP contribution in [0.25, 0.3) is 17.1 Å². The van der Waals surface area contributed by atoms with Crippen LogP contribution in [0.1, 0.15) is 34.1 Å². The summed E-state index contributed by atoms with van der Waals surface area (Å²) >= 11 is 12.3. The molecule has 1 heterocycles. The van der Waals surface area contributed by atoms with Crippen LogP contribution in [0.15, 0.2) is 42.5 Å². The van der Waals surface area contributed by atoms with Gasteiger partial charge in [-0.15, -0.1) is 5.10 Å². The van der Waals surface area contributed by atoms with E-state index in [1.165, 1.54) is 0 Å². The third-order valence-electron chi connectivity index (χ3n) is 4.10. The van der Waals surface area contributed by atoms with Crippen LogP contribution in [0.4, 0.5) is 5.69 Å². The van der Waals surface area contributed by atoms with Crippen LogP contribution in [0.5, 0.6) is 6.01 Å². The quantitative estimate of drug-likeness (QED) is 0.502. The molecule has 3 aromatic rings. The maximum absolute atomic E-state index is 12.3. The van der Waals surface area contributed by atoms with Gasteiger partial charge in [0.1, 0.15) is 0 Å². The van der Waals surface area contributed by atoms with Gasteiger partial charge in [0, 0.05) is 17.7 Å². The number of carbonyl (C=O) groups excluding carboxylic acids is 1. The highest BCUT2D eigenvalue weighted by molar-refractivity contribution is 6.42. The van der Waals surface area contributed by atoms with Crippen molar-refractivity contribution in [2.75, 3.05) is 11.9 Å². The number of hydrogen-bond donors (Lipinski definition) is 1. The summed E-state index contributed by atoms with van der Waals surface area (Å²) in [6.45, 7) is 8.38. The number of carbonyl (C=O) groups is 1. The summed E-state index contributed by atoms with van der Waals surface area (Å²) in [5.74, 6) is 0.508. The zero-order valence-electron chi connectivity index (χ0n) is 17.4. The third kappa shape index (κ3) is 5.52. The highest BCUT2D eigenvalue weighted by Gasteiger charge is 2.18. The van der Waals surface area contributed by atoms with Gasteiger partial charge in [0.25, 0.3) is 0 Å². The Balaban J connectivity index is 1.98. The fourth-order valence-corrected chi connectivity index (χ4v) is 3.19. The van der Waals surface area contributed by atoms with Crippen molar-refractivity contribution < 1.29 is 9.53 Å². The van der Waals surface area contributed by atoms with E-state index in [4.69, 9.17) is 27.9 Å². The molecule has 1 aromatic heterocycles. The summed E-state index contributed by atoms with van der Waals surface area (Å²) in [4.78, 5) is 16.8. The molecule has 1 N–H and O–H groups in total. The van der Waals surface area contributed by atoms with Gasteiger partial charge in [-0.2, -0.15) is 4.98 Å². The minimum absolute atomic E-state index is 0.0436. The molecule has 6 nitrogen and oxygen atoms in total. The van der Waals surface area contributed by atoms with Gasteiger partial charge in [0.05, 0.1) is 22.3 Å². The Morgan fingerprint density at radius 2 is 1.90 bits per heavy atom. The topological polar surface area (TPSA) is 69.0 Å². The highest BCUT2D eigenvalue weighted by Crippen LogP contribution is 2.30. The number of halogens is 2. The van der Waals surface area contributed by atoms with Crippen molar-refractivity contribution in [3.05, 3.63) is 52.5 Å². The number of aromatic nitrogens is 3. The van der Waals surface area contributed by atoms with Gasteiger partial charge in [0.15, 0.2) is 5.82 Å². The molecule has 30 heavy (non-hydrogen) atoms. The Morgan fingerprint density at radius 1 is 1.13 bits per heavy atom. The molecule has 0 fully saturated rings. The lowest BCUT2D eigenvalue weighted by Gasteiger charge is -2.17. The molecule has 3 rings (SSSR count). The van der Waals surface area contributed by atoms with Crippen molar-refractivity contribution in [2.24, 2.45) is 5.41 Å². The molecule has 158 valence electrons. The van der Waals surface area contributed by atoms with Crippen molar-refractivity contribution in [1.29, 1.82) is 0 Å². The maximum atomic E-state index is 12.3. The van der Waals surface area contributed by atoms with Crippen LogP contribution in [0, 0.1) is 5.41 Å². The average Bonchev–Trinajstić information content (AvgIpc) is 3.07. The Morgan fingerprint density at radius 3 is 2.57 bits per heavy atom. The summed E-state index contributed by atoms with van der Waals surface area (Å²) < 4.78 is 7.16. The number of rotatable bonds is 6. The molecule has 0 bridgehead atoms. The van der Waals surface area contributed by atoms with Crippen molar-refractivity contribution in [3.8, 4) is 23.1 Å². The van der Waals surface area contributed by atoms with Crippen LogP contribution >= 0.6 is 23.2 Å². The Labute approximate surface area is 186 Å². The fourth-order valence-electron chi connectivity index (χ4n) is 2.89. The Bertz CT molecular complexity index is 1060. The predicted octanol–water partition coefficient (Wildman–Crippen LogP) is 6.01. The lowest BCUT2D eigenvalue weighted by molar-refractivity contribution is -0.117. The van der Waals surface area contributed by atoms with E-state index in [1.54, 1.807) is 16.8 Å². The second kappa shape index (κ2) is 9.06. The van der Waals surface area contributed by atoms with E-state index in [9.17, 15) is 4.79 Å². The standard InChI is InChI=1S/C22H24Cl2N4O2/c1-5-30-21-26-20(14-9-10-17(23)18(24)11-14)28(27-21)16-8-6-7-15(12-16)25-19(29)13-22(2,3)4/h6-12H,5,13H2,1-4H3,(H,25,29). The number of nitrogens with one attached hydrogen (secondary N) is 1. The van der Waals surface area contributed by atoms with Gasteiger partial charge in [-0.25, -0.2) is 4.68 Å². The zero-order valence-corrected chi connectivity index (χ0v) is 18.9. The largest absolute Gasteiger partial charge is 0.463 e. The predicted molar refractivity (Wildman–Crippen MR) is 121 cm³/mol. The monoisotopic (exact) mass is 446 g/mol. The van der Waals surface area contributed by atoms with Crippen molar-refractivity contribution >= 4 is 34.8 Å². The van der Waals surface area contributed by atoms with Gasteiger partial charge < -0.3 is 10.1 Å². The van der Waals surface area contributed by atoms with Crippen molar-refractivity contribution in [1.82, 2.24) is 14.8 Å². The van der Waals surface area contributed by atoms with Gasteiger partial charge in [-0.3, -0.25) is 4.79 Å². The lowest BCUT2D eigenvalue weighted by atomic mass is 9.92. The number of amides is 1. The summed E-state index contributed by atoms with van der Waals surface area (Å²) in [5, 5.41) is 8.30. The minimum atomic E-state index is -0.0962. The second-order valence-corrected chi connectivity index (χ2v) is 8.84. The van der Waals surface area contributed by atoms with Gasteiger partial charge >= 0.3 is 6.01 Å². The number of nitrogens with zero attached hydrogens (tertiary/aromatic N) is 3. The lowest BCUT2D eigenvalue weighted by Crippen LogP contribution is -2.19. The van der Waals surface area contributed by atoms with E-state index < -0.39 is 0 Å². The molecule has 2 aromatic carbocycles. The molecule has 1 amide bonds. The van der Waals surface area contributed by atoms with Crippen LogP contribution in [0.3, 0.4) is 0 Å². The number of anilines is 1. The number of benzene rings is 2. The van der Waals surface area contributed by atoms with Crippen LogP contribution < -0.4 is 10.1 Å². The molecule has 8 heteroatoms. The minimum Gasteiger partial charge on any atom is -0.463 e. The van der Waals surface area contributed by atoms with E-state index in [0.29, 0.717) is 34.6 Å². The van der Waals surface area contributed by atoms with Gasteiger partial charge in [-0.1, -0.05) is 50.0 Å². The number of ether oxygens (including phenoxy) is 1. The first-order valence-corrected chi connectivity index (χ1v) is 10.4. The molecule has 0 saturated heterocycles. The normalized spacial score (nSPS) is 11.4. The molecule has 0 unspecified atom stereocenters. The maximum Gasteiger partial charge on any atom is 0.336 e. The molecule has 0 spiro atoms. The first-order valence-electron chi connectivity index (χ1n) is 9.62. The Hall–Kier alpha value is -2.57. The van der Waals surface area contributed by atoms with E-state index in [1.807, 2.05) is 58.0 Å². The molecular formula is C22H24Cl2N4O2. The molecule has 0 aliphatic heterocycles. The van der Waals surface area contributed by atoms with Gasteiger partial charge in [-0.05, 0) is 48.7 Å². The van der Waals surface area contributed by atoms with Crippen LogP contribution in [-0.2, 0) is 4.79 Å². The smallest absolute Gasteiger partial charge is 0.336 e. The van der Waals surface area contributed by atoms with Crippen LogP contribution in [0.2, 0.25) is 10.0 Å². The fraction of sp³-hybridized carbons (Fsp3) is 0.318. The van der Waals surface area contributed by atoms with Crippen molar-refractivity contribution in [2.45, 2.75) is 34.1 Å². The first kappa shape index (κ1) is 22.1. The second-order valence-electron chi connectivity index (χ2n) is 8.03. The average molecular weight is 447 g/mol. The Kier molecular flexibility index (Phi) is 6.68. The van der Waals surface area contributed by atoms with Crippen LogP contribution in [-0.4, -0.2) is 27.3 Å². The van der Waals surface area contributed by atoms with Gasteiger partial charge in [0.2, 0.25) is 5.91 Å². The third-order valence-corrected chi connectivity index (χ3v) is 4.84. The number of hydrogen-bond acceptors (Lipinski definition) is 4. The zero-order chi connectivity index (χ0) is 21.9. The molecule has 0 saturated carbocycles. The molecular weight excluding hydrogens is 423 g/mol. The molecule has 0 aliphatic carbocycles. The first-order chi connectivity index (χ1) is 14.2. The summed E-state index contributed by atoms with van der Waals surface area (Å²) in [6, 6.07) is 12.9.